The minimum atomic E-state index is -0.960. The van der Waals surface area contributed by atoms with Crippen LogP contribution in [-0.2, 0) is 4.79 Å². The van der Waals surface area contributed by atoms with Gasteiger partial charge in [0.25, 0.3) is 0 Å². The van der Waals surface area contributed by atoms with Crippen LogP contribution in [0.2, 0.25) is 0 Å². The van der Waals surface area contributed by atoms with Crippen LogP contribution in [0.3, 0.4) is 0 Å². The average Bonchev–Trinajstić information content (AvgIpc) is 2.26. The van der Waals surface area contributed by atoms with Gasteiger partial charge in [-0.25, -0.2) is 4.79 Å². The number of hydrogen-bond donors (Lipinski definition) is 3. The predicted octanol–water partition coefficient (Wildman–Crippen LogP) is 0.743. The minimum Gasteiger partial charge on any atom is -0.478 e. The van der Waals surface area contributed by atoms with Gasteiger partial charge in [0.15, 0.2) is 0 Å². The minimum absolute atomic E-state index is 0.164. The van der Waals surface area contributed by atoms with Crippen LogP contribution in [0.4, 0.5) is 0 Å². The van der Waals surface area contributed by atoms with Crippen molar-refractivity contribution in [3.05, 3.63) is 41.5 Å². The fourth-order valence-corrected chi connectivity index (χ4v) is 1.16. The van der Waals surface area contributed by atoms with E-state index < -0.39 is 5.97 Å². The van der Waals surface area contributed by atoms with Gasteiger partial charge in [-0.05, 0) is 17.2 Å². The predicted molar refractivity (Wildman–Crippen MR) is 59.1 cm³/mol. The molecule has 0 heterocycles. The van der Waals surface area contributed by atoms with Gasteiger partial charge in [0.2, 0.25) is 0 Å². The van der Waals surface area contributed by atoms with Crippen LogP contribution < -0.4 is 11.5 Å². The summed E-state index contributed by atoms with van der Waals surface area (Å²) < 4.78 is 0. The first-order valence-electron chi connectivity index (χ1n) is 4.60. The highest BCUT2D eigenvalue weighted by atomic mass is 16.4. The Morgan fingerprint density at radius 2 is 2.00 bits per heavy atom. The molecule has 0 saturated heterocycles. The van der Waals surface area contributed by atoms with E-state index in [-0.39, 0.29) is 6.04 Å². The second kappa shape index (κ2) is 5.29. The molecule has 1 aromatic rings. The number of nitrogens with two attached hydrogens (primary N) is 2. The smallest absolute Gasteiger partial charge is 0.328 e. The fraction of sp³-hybridized carbons (Fsp3) is 0.182. The second-order valence-electron chi connectivity index (χ2n) is 3.18. The van der Waals surface area contributed by atoms with Crippen molar-refractivity contribution >= 4 is 12.0 Å². The van der Waals surface area contributed by atoms with Crippen molar-refractivity contribution in [3.63, 3.8) is 0 Å². The molecule has 1 aromatic carbocycles. The van der Waals surface area contributed by atoms with E-state index in [1.807, 2.05) is 24.3 Å². The maximum atomic E-state index is 10.3. The first-order valence-corrected chi connectivity index (χ1v) is 4.60. The molecule has 0 bridgehead atoms. The maximum absolute atomic E-state index is 10.3. The summed E-state index contributed by atoms with van der Waals surface area (Å²) in [5.41, 5.74) is 12.9. The highest BCUT2D eigenvalue weighted by Crippen LogP contribution is 2.11. The Kier molecular flexibility index (Phi) is 4.03. The molecule has 80 valence electrons. The van der Waals surface area contributed by atoms with Crippen LogP contribution in [0.15, 0.2) is 30.3 Å². The van der Waals surface area contributed by atoms with Gasteiger partial charge < -0.3 is 16.6 Å². The summed E-state index contributed by atoms with van der Waals surface area (Å²) >= 11 is 0. The second-order valence-corrected chi connectivity index (χ2v) is 3.18. The summed E-state index contributed by atoms with van der Waals surface area (Å²) in [5.74, 6) is -0.960. The summed E-state index contributed by atoms with van der Waals surface area (Å²) in [6.07, 6.45) is 2.62. The van der Waals surface area contributed by atoms with E-state index in [1.165, 1.54) is 6.08 Å². The van der Waals surface area contributed by atoms with Gasteiger partial charge in [-0.15, -0.1) is 0 Å². The van der Waals surface area contributed by atoms with E-state index in [0.717, 1.165) is 17.2 Å². The Hall–Kier alpha value is -1.65. The standard InChI is InChI=1S/C11H14N2O2/c12-7-10(13)9-4-1-8(2-5-9)3-6-11(14)15/h1-6,10H,7,12-13H2,(H,14,15)/b6-3+/t10-/m0/s1. The molecule has 0 fully saturated rings. The number of carbonyl (C=O) groups is 1. The number of carboxylic acid groups (broad SMARTS) is 1. The molecule has 0 aliphatic rings. The van der Waals surface area contributed by atoms with Gasteiger partial charge in [0.05, 0.1) is 0 Å². The number of benzene rings is 1. The molecule has 0 saturated carbocycles. The van der Waals surface area contributed by atoms with Crippen LogP contribution in [0.1, 0.15) is 17.2 Å². The molecular weight excluding hydrogens is 192 g/mol. The normalized spacial score (nSPS) is 12.9. The van der Waals surface area contributed by atoms with E-state index >= 15 is 0 Å². The van der Waals surface area contributed by atoms with Gasteiger partial charge in [-0.3, -0.25) is 0 Å². The van der Waals surface area contributed by atoms with Gasteiger partial charge in [0, 0.05) is 18.7 Å². The molecule has 0 aliphatic heterocycles. The lowest BCUT2D eigenvalue weighted by molar-refractivity contribution is -0.131. The Bertz CT molecular complexity index is 357. The Balaban J connectivity index is 2.76. The molecule has 0 aliphatic carbocycles. The first-order chi connectivity index (χ1) is 7.13. The molecule has 0 aromatic heterocycles. The Morgan fingerprint density at radius 3 is 2.47 bits per heavy atom. The zero-order valence-electron chi connectivity index (χ0n) is 8.26. The van der Waals surface area contributed by atoms with E-state index in [0.29, 0.717) is 6.54 Å². The van der Waals surface area contributed by atoms with Crippen molar-refractivity contribution in [2.24, 2.45) is 11.5 Å². The highest BCUT2D eigenvalue weighted by molar-refractivity contribution is 5.85. The van der Waals surface area contributed by atoms with Crippen molar-refractivity contribution in [3.8, 4) is 0 Å². The van der Waals surface area contributed by atoms with Gasteiger partial charge in [-0.1, -0.05) is 24.3 Å². The van der Waals surface area contributed by atoms with Crippen LogP contribution in [0.25, 0.3) is 6.08 Å². The summed E-state index contributed by atoms with van der Waals surface area (Å²) in [5, 5.41) is 8.43. The molecule has 4 heteroatoms. The fourth-order valence-electron chi connectivity index (χ4n) is 1.16. The Labute approximate surface area is 88.2 Å². The first kappa shape index (κ1) is 11.4. The summed E-state index contributed by atoms with van der Waals surface area (Å²) in [6.45, 7) is 0.393. The Morgan fingerprint density at radius 1 is 1.40 bits per heavy atom. The van der Waals surface area contributed by atoms with Crippen molar-refractivity contribution in [2.45, 2.75) is 6.04 Å². The number of rotatable bonds is 4. The van der Waals surface area contributed by atoms with Crippen LogP contribution in [0.5, 0.6) is 0 Å². The molecule has 0 amide bonds. The molecular formula is C11H14N2O2. The summed E-state index contributed by atoms with van der Waals surface area (Å²) in [6, 6.07) is 7.15. The van der Waals surface area contributed by atoms with E-state index in [2.05, 4.69) is 0 Å². The average molecular weight is 206 g/mol. The lowest BCUT2D eigenvalue weighted by atomic mass is 10.1. The lowest BCUT2D eigenvalue weighted by Gasteiger charge is -2.08. The van der Waals surface area contributed by atoms with Crippen LogP contribution in [0, 0.1) is 0 Å². The zero-order chi connectivity index (χ0) is 11.3. The summed E-state index contributed by atoms with van der Waals surface area (Å²) in [4.78, 5) is 10.3. The molecule has 5 N–H and O–H groups in total. The zero-order valence-corrected chi connectivity index (χ0v) is 8.26. The monoisotopic (exact) mass is 206 g/mol. The van der Waals surface area contributed by atoms with E-state index in [9.17, 15) is 4.79 Å². The van der Waals surface area contributed by atoms with Gasteiger partial charge in [0.1, 0.15) is 0 Å². The van der Waals surface area contributed by atoms with E-state index in [1.54, 1.807) is 0 Å². The maximum Gasteiger partial charge on any atom is 0.328 e. The van der Waals surface area contributed by atoms with Crippen molar-refractivity contribution in [2.75, 3.05) is 6.54 Å². The number of hydrogen-bond acceptors (Lipinski definition) is 3. The molecule has 0 radical (unpaired) electrons. The van der Waals surface area contributed by atoms with Crippen molar-refractivity contribution in [1.82, 2.24) is 0 Å². The van der Waals surface area contributed by atoms with Gasteiger partial charge in [-0.2, -0.15) is 0 Å². The largest absolute Gasteiger partial charge is 0.478 e. The van der Waals surface area contributed by atoms with Crippen molar-refractivity contribution < 1.29 is 9.90 Å². The topological polar surface area (TPSA) is 89.3 Å². The third kappa shape index (κ3) is 3.53. The van der Waals surface area contributed by atoms with Gasteiger partial charge >= 0.3 is 5.97 Å². The quantitative estimate of drug-likeness (QED) is 0.634. The van der Waals surface area contributed by atoms with E-state index in [4.69, 9.17) is 16.6 Å². The SMILES string of the molecule is NC[C@H](N)c1ccc(/C=C/C(=O)O)cc1. The molecule has 4 nitrogen and oxygen atoms in total. The lowest BCUT2D eigenvalue weighted by Crippen LogP contribution is -2.20. The number of carboxylic acids is 1. The third-order valence-corrected chi connectivity index (χ3v) is 2.04. The number of aliphatic carboxylic acids is 1. The van der Waals surface area contributed by atoms with Crippen molar-refractivity contribution in [1.29, 1.82) is 0 Å². The molecule has 0 unspecified atom stereocenters. The van der Waals surface area contributed by atoms with Crippen LogP contribution >= 0.6 is 0 Å². The highest BCUT2D eigenvalue weighted by Gasteiger charge is 2.01. The molecule has 1 rings (SSSR count). The summed E-state index contributed by atoms with van der Waals surface area (Å²) in [7, 11) is 0. The third-order valence-electron chi connectivity index (χ3n) is 2.04. The molecule has 0 spiro atoms. The molecule has 15 heavy (non-hydrogen) atoms. The van der Waals surface area contributed by atoms with Crippen LogP contribution in [-0.4, -0.2) is 17.6 Å². The molecule has 1 atom stereocenters.